The zero-order valence-electron chi connectivity index (χ0n) is 6.12. The predicted octanol–water partition coefficient (Wildman–Crippen LogP) is -3.01. The average Bonchev–Trinajstić information content (AvgIpc) is 2.31. The van der Waals surface area contributed by atoms with Crippen LogP contribution in [0.2, 0.25) is 0 Å². The lowest BCUT2D eigenvalue weighted by atomic mass is 10.1. The number of rotatable bonds is 2. The summed E-state index contributed by atoms with van der Waals surface area (Å²) in [7, 11) is 0. The summed E-state index contributed by atoms with van der Waals surface area (Å²) in [6.07, 6.45) is -4.32. The Balaban J connectivity index is 2.79. The van der Waals surface area contributed by atoms with Crippen LogP contribution in [0.15, 0.2) is 0 Å². The van der Waals surface area contributed by atoms with Gasteiger partial charge in [-0.1, -0.05) is 0 Å². The smallest absolute Gasteiger partial charge is 0.253 e. The van der Waals surface area contributed by atoms with E-state index >= 15 is 0 Å². The monoisotopic (exact) mass is 178 g/mol. The van der Waals surface area contributed by atoms with Gasteiger partial charge in [-0.15, -0.1) is 0 Å². The van der Waals surface area contributed by atoms with Crippen molar-refractivity contribution in [3.63, 3.8) is 0 Å². The minimum atomic E-state index is -2.40. The molecule has 4 N–H and O–H groups in total. The second-order valence-electron chi connectivity index (χ2n) is 2.64. The SMILES string of the molecule is O=CC1(O)O[C@H](CO)[C@@H](O)[C@@H]1O. The van der Waals surface area contributed by atoms with E-state index in [2.05, 4.69) is 4.74 Å². The number of aliphatic hydroxyl groups excluding tert-OH is 3. The van der Waals surface area contributed by atoms with Gasteiger partial charge in [0.25, 0.3) is 5.79 Å². The van der Waals surface area contributed by atoms with Crippen LogP contribution in [0.3, 0.4) is 0 Å². The standard InChI is InChI=1S/C6H10O6/c7-1-3-4(9)5(10)6(11,2-8)12-3/h2-5,7,9-11H,1H2/t3-,4-,5+,6?/m1/s1. The Morgan fingerprint density at radius 1 is 1.50 bits per heavy atom. The van der Waals surface area contributed by atoms with E-state index < -0.39 is 30.7 Å². The lowest BCUT2D eigenvalue weighted by molar-refractivity contribution is -0.213. The lowest BCUT2D eigenvalue weighted by Gasteiger charge is -2.17. The highest BCUT2D eigenvalue weighted by molar-refractivity contribution is 5.61. The number of hydrogen-bond acceptors (Lipinski definition) is 6. The van der Waals surface area contributed by atoms with Crippen LogP contribution >= 0.6 is 0 Å². The molecule has 6 nitrogen and oxygen atoms in total. The highest BCUT2D eigenvalue weighted by Gasteiger charge is 2.53. The first-order valence-electron chi connectivity index (χ1n) is 3.38. The molecule has 1 unspecified atom stereocenters. The largest absolute Gasteiger partial charge is 0.394 e. The molecule has 1 saturated heterocycles. The van der Waals surface area contributed by atoms with Gasteiger partial charge >= 0.3 is 0 Å². The van der Waals surface area contributed by atoms with Crippen LogP contribution in [-0.4, -0.2) is 57.4 Å². The molecule has 1 aliphatic heterocycles. The van der Waals surface area contributed by atoms with Crippen LogP contribution in [0.4, 0.5) is 0 Å². The molecule has 0 aromatic carbocycles. The highest BCUT2D eigenvalue weighted by Crippen LogP contribution is 2.26. The predicted molar refractivity (Wildman–Crippen MR) is 35.0 cm³/mol. The summed E-state index contributed by atoms with van der Waals surface area (Å²) in [6.45, 7) is -0.575. The summed E-state index contributed by atoms with van der Waals surface area (Å²) < 4.78 is 4.51. The fourth-order valence-corrected chi connectivity index (χ4v) is 1.07. The summed E-state index contributed by atoms with van der Waals surface area (Å²) in [5.41, 5.74) is 0. The fourth-order valence-electron chi connectivity index (χ4n) is 1.07. The number of carbonyl (C=O) groups is 1. The summed E-state index contributed by atoms with van der Waals surface area (Å²) >= 11 is 0. The molecule has 0 spiro atoms. The number of carbonyl (C=O) groups excluding carboxylic acids is 1. The summed E-state index contributed by atoms with van der Waals surface area (Å²) in [5.74, 6) is -2.40. The first-order valence-corrected chi connectivity index (χ1v) is 3.38. The minimum Gasteiger partial charge on any atom is -0.394 e. The van der Waals surface area contributed by atoms with Crippen molar-refractivity contribution >= 4 is 6.29 Å². The molecule has 1 fully saturated rings. The molecule has 0 saturated carbocycles. The van der Waals surface area contributed by atoms with E-state index in [0.717, 1.165) is 0 Å². The molecule has 4 atom stereocenters. The Labute approximate surface area is 68.0 Å². The van der Waals surface area contributed by atoms with Crippen LogP contribution < -0.4 is 0 Å². The number of ether oxygens (including phenoxy) is 1. The molecule has 0 bridgehead atoms. The molecule has 6 heteroatoms. The van der Waals surface area contributed by atoms with Crippen molar-refractivity contribution < 1.29 is 30.0 Å². The molecule has 0 aromatic heterocycles. The average molecular weight is 178 g/mol. The van der Waals surface area contributed by atoms with Gasteiger partial charge in [0.2, 0.25) is 0 Å². The lowest BCUT2D eigenvalue weighted by Crippen LogP contribution is -2.44. The molecule has 0 aliphatic carbocycles. The van der Waals surface area contributed by atoms with Crippen LogP contribution in [0, 0.1) is 0 Å². The van der Waals surface area contributed by atoms with Gasteiger partial charge in [0, 0.05) is 0 Å². The number of hydrogen-bond donors (Lipinski definition) is 4. The molecule has 0 radical (unpaired) electrons. The van der Waals surface area contributed by atoms with Crippen LogP contribution in [0.1, 0.15) is 0 Å². The summed E-state index contributed by atoms with van der Waals surface area (Å²) in [6, 6.07) is 0. The topological polar surface area (TPSA) is 107 Å². The van der Waals surface area contributed by atoms with Crippen molar-refractivity contribution in [2.75, 3.05) is 6.61 Å². The van der Waals surface area contributed by atoms with Crippen LogP contribution in [-0.2, 0) is 9.53 Å². The Morgan fingerprint density at radius 3 is 2.33 bits per heavy atom. The van der Waals surface area contributed by atoms with Gasteiger partial charge in [-0.2, -0.15) is 0 Å². The van der Waals surface area contributed by atoms with Gasteiger partial charge in [0.05, 0.1) is 6.61 Å². The van der Waals surface area contributed by atoms with Crippen molar-refractivity contribution in [1.29, 1.82) is 0 Å². The normalized spacial score (nSPS) is 47.8. The van der Waals surface area contributed by atoms with Gasteiger partial charge in [-0.05, 0) is 0 Å². The van der Waals surface area contributed by atoms with Gasteiger partial charge in [0.15, 0.2) is 6.29 Å². The quantitative estimate of drug-likeness (QED) is 0.335. The molecule has 12 heavy (non-hydrogen) atoms. The zero-order valence-corrected chi connectivity index (χ0v) is 6.12. The third-order valence-electron chi connectivity index (χ3n) is 1.82. The molecule has 0 amide bonds. The zero-order chi connectivity index (χ0) is 9.35. The van der Waals surface area contributed by atoms with Crippen molar-refractivity contribution in [2.45, 2.75) is 24.1 Å². The van der Waals surface area contributed by atoms with Gasteiger partial charge in [0.1, 0.15) is 18.3 Å². The van der Waals surface area contributed by atoms with Crippen molar-refractivity contribution in [2.24, 2.45) is 0 Å². The van der Waals surface area contributed by atoms with Gasteiger partial charge in [-0.25, -0.2) is 0 Å². The first-order chi connectivity index (χ1) is 5.55. The second kappa shape index (κ2) is 3.08. The molecule has 1 rings (SSSR count). The molecular formula is C6H10O6. The van der Waals surface area contributed by atoms with E-state index in [-0.39, 0.29) is 6.29 Å². The van der Waals surface area contributed by atoms with E-state index in [1.165, 1.54) is 0 Å². The maximum atomic E-state index is 10.2. The van der Waals surface area contributed by atoms with E-state index in [1.54, 1.807) is 0 Å². The van der Waals surface area contributed by atoms with E-state index in [1.807, 2.05) is 0 Å². The molecular weight excluding hydrogens is 168 g/mol. The number of aldehydes is 1. The Hall–Kier alpha value is -0.530. The third-order valence-corrected chi connectivity index (χ3v) is 1.82. The minimum absolute atomic E-state index is 0.0173. The Kier molecular flexibility index (Phi) is 2.45. The third kappa shape index (κ3) is 1.23. The Bertz CT molecular complexity index is 183. The molecule has 1 aliphatic rings. The van der Waals surface area contributed by atoms with E-state index in [4.69, 9.17) is 20.4 Å². The van der Waals surface area contributed by atoms with Crippen molar-refractivity contribution in [1.82, 2.24) is 0 Å². The van der Waals surface area contributed by atoms with Crippen molar-refractivity contribution in [3.05, 3.63) is 0 Å². The van der Waals surface area contributed by atoms with Gasteiger partial charge < -0.3 is 25.2 Å². The Morgan fingerprint density at radius 2 is 2.08 bits per heavy atom. The summed E-state index contributed by atoms with van der Waals surface area (Å²) in [5, 5.41) is 35.8. The molecule has 70 valence electrons. The maximum absolute atomic E-state index is 10.2. The van der Waals surface area contributed by atoms with Crippen molar-refractivity contribution in [3.8, 4) is 0 Å². The van der Waals surface area contributed by atoms with Crippen LogP contribution in [0.5, 0.6) is 0 Å². The fraction of sp³-hybridized carbons (Fsp3) is 0.833. The molecule has 0 aromatic rings. The van der Waals surface area contributed by atoms with E-state index in [9.17, 15) is 4.79 Å². The van der Waals surface area contributed by atoms with E-state index in [0.29, 0.717) is 0 Å². The number of aliphatic hydroxyl groups is 4. The molecule has 1 heterocycles. The summed E-state index contributed by atoms with van der Waals surface area (Å²) in [4.78, 5) is 10.2. The first kappa shape index (κ1) is 9.56. The second-order valence-corrected chi connectivity index (χ2v) is 2.64. The highest BCUT2D eigenvalue weighted by atomic mass is 16.7. The van der Waals surface area contributed by atoms with Crippen LogP contribution in [0.25, 0.3) is 0 Å². The maximum Gasteiger partial charge on any atom is 0.253 e. The van der Waals surface area contributed by atoms with Gasteiger partial charge in [-0.3, -0.25) is 4.79 Å².